The SMILES string of the molecule is Cc1cc(CC(C)(C)C(=O)O)cc(C)c1-c1nc2ccc(-c3nnc(-c4ccc(O)cc4)o3)cc2[nH]1. The van der Waals surface area contributed by atoms with Gasteiger partial charge in [-0.05, 0) is 93.3 Å². The van der Waals surface area contributed by atoms with E-state index in [1.54, 1.807) is 38.1 Å². The molecule has 3 aromatic carbocycles. The molecular formula is C28H26N4O4. The van der Waals surface area contributed by atoms with Crippen LogP contribution in [0.1, 0.15) is 30.5 Å². The Labute approximate surface area is 207 Å². The third-order valence-electron chi connectivity index (χ3n) is 6.32. The third-order valence-corrected chi connectivity index (χ3v) is 6.32. The molecule has 0 unspecified atom stereocenters. The van der Waals surface area contributed by atoms with Gasteiger partial charge in [-0.15, -0.1) is 10.2 Å². The fraction of sp³-hybridized carbons (Fsp3) is 0.214. The minimum absolute atomic E-state index is 0.170. The number of nitrogens with one attached hydrogen (secondary N) is 1. The van der Waals surface area contributed by atoms with Gasteiger partial charge in [0.1, 0.15) is 11.6 Å². The molecule has 5 rings (SSSR count). The molecule has 0 aliphatic carbocycles. The molecule has 0 amide bonds. The number of hydrogen-bond donors (Lipinski definition) is 3. The first-order valence-electron chi connectivity index (χ1n) is 11.6. The topological polar surface area (TPSA) is 125 Å². The van der Waals surface area contributed by atoms with Crippen molar-refractivity contribution in [3.05, 3.63) is 71.3 Å². The summed E-state index contributed by atoms with van der Waals surface area (Å²) in [4.78, 5) is 19.8. The average Bonchev–Trinajstić information content (AvgIpc) is 3.45. The van der Waals surface area contributed by atoms with E-state index in [-0.39, 0.29) is 5.75 Å². The predicted molar refractivity (Wildman–Crippen MR) is 137 cm³/mol. The molecule has 0 aliphatic rings. The maximum atomic E-state index is 11.6. The van der Waals surface area contributed by atoms with Gasteiger partial charge >= 0.3 is 5.97 Å². The van der Waals surface area contributed by atoms with E-state index in [0.717, 1.165) is 50.2 Å². The fourth-order valence-corrected chi connectivity index (χ4v) is 4.44. The number of aryl methyl sites for hydroxylation is 2. The number of H-pyrrole nitrogens is 1. The number of benzene rings is 3. The van der Waals surface area contributed by atoms with Gasteiger partial charge in [-0.25, -0.2) is 4.98 Å². The number of aromatic hydroxyl groups is 1. The second-order valence-electron chi connectivity index (χ2n) is 9.75. The smallest absolute Gasteiger partial charge is 0.309 e. The Morgan fingerprint density at radius 2 is 1.56 bits per heavy atom. The Hall–Kier alpha value is -4.46. The van der Waals surface area contributed by atoms with Crippen LogP contribution in [0, 0.1) is 19.3 Å². The summed E-state index contributed by atoms with van der Waals surface area (Å²) in [7, 11) is 0. The highest BCUT2D eigenvalue weighted by Gasteiger charge is 2.28. The van der Waals surface area contributed by atoms with Crippen LogP contribution in [0.5, 0.6) is 5.75 Å². The lowest BCUT2D eigenvalue weighted by Gasteiger charge is -2.20. The Bertz CT molecular complexity index is 1570. The first-order chi connectivity index (χ1) is 17.1. The number of carboxylic acids is 1. The first kappa shape index (κ1) is 23.3. The van der Waals surface area contributed by atoms with Crippen molar-refractivity contribution >= 4 is 17.0 Å². The molecule has 0 bridgehead atoms. The van der Waals surface area contributed by atoms with E-state index in [9.17, 15) is 15.0 Å². The molecule has 0 aliphatic heterocycles. The lowest BCUT2D eigenvalue weighted by molar-refractivity contribution is -0.146. The van der Waals surface area contributed by atoms with Gasteiger partial charge in [-0.1, -0.05) is 12.1 Å². The second kappa shape index (κ2) is 8.64. The summed E-state index contributed by atoms with van der Waals surface area (Å²) < 4.78 is 5.86. The minimum Gasteiger partial charge on any atom is -0.508 e. The summed E-state index contributed by atoms with van der Waals surface area (Å²) in [5, 5.41) is 27.3. The quantitative estimate of drug-likeness (QED) is 0.274. The monoisotopic (exact) mass is 482 g/mol. The van der Waals surface area contributed by atoms with Crippen LogP contribution in [-0.4, -0.2) is 36.3 Å². The van der Waals surface area contributed by atoms with Gasteiger partial charge in [-0.3, -0.25) is 4.79 Å². The van der Waals surface area contributed by atoms with Gasteiger partial charge in [-0.2, -0.15) is 0 Å². The fourth-order valence-electron chi connectivity index (χ4n) is 4.44. The van der Waals surface area contributed by atoms with Crippen LogP contribution in [0.15, 0.2) is 59.0 Å². The zero-order valence-electron chi connectivity index (χ0n) is 20.5. The van der Waals surface area contributed by atoms with Crippen molar-refractivity contribution in [2.24, 2.45) is 5.41 Å². The van der Waals surface area contributed by atoms with Gasteiger partial charge in [0, 0.05) is 16.7 Å². The van der Waals surface area contributed by atoms with Crippen LogP contribution in [0.25, 0.3) is 45.3 Å². The molecule has 0 atom stereocenters. The van der Waals surface area contributed by atoms with E-state index in [0.29, 0.717) is 18.2 Å². The minimum atomic E-state index is -0.840. The summed E-state index contributed by atoms with van der Waals surface area (Å²) >= 11 is 0. The lowest BCUT2D eigenvalue weighted by Crippen LogP contribution is -2.26. The van der Waals surface area contributed by atoms with Crippen molar-refractivity contribution in [1.29, 1.82) is 0 Å². The number of imidazole rings is 1. The summed E-state index contributed by atoms with van der Waals surface area (Å²) in [6.45, 7) is 7.51. The summed E-state index contributed by atoms with van der Waals surface area (Å²) in [5.74, 6) is 0.854. The molecule has 8 heteroatoms. The van der Waals surface area contributed by atoms with Crippen LogP contribution in [0.2, 0.25) is 0 Å². The number of rotatable bonds is 6. The zero-order chi connectivity index (χ0) is 25.6. The van der Waals surface area contributed by atoms with Crippen molar-refractivity contribution < 1.29 is 19.4 Å². The van der Waals surface area contributed by atoms with E-state index < -0.39 is 11.4 Å². The molecule has 2 heterocycles. The number of carboxylic acid groups (broad SMARTS) is 1. The van der Waals surface area contributed by atoms with E-state index in [4.69, 9.17) is 9.40 Å². The lowest BCUT2D eigenvalue weighted by atomic mass is 9.84. The predicted octanol–water partition coefficient (Wildman–Crippen LogP) is 5.92. The van der Waals surface area contributed by atoms with Gasteiger partial charge in [0.25, 0.3) is 0 Å². The van der Waals surface area contributed by atoms with Gasteiger partial charge in [0.05, 0.1) is 16.4 Å². The highest BCUT2D eigenvalue weighted by atomic mass is 16.4. The average molecular weight is 483 g/mol. The first-order valence-corrected chi connectivity index (χ1v) is 11.6. The molecule has 0 saturated heterocycles. The number of nitrogens with zero attached hydrogens (tertiary/aromatic N) is 3. The van der Waals surface area contributed by atoms with Crippen molar-refractivity contribution in [3.8, 4) is 40.0 Å². The van der Waals surface area contributed by atoms with E-state index >= 15 is 0 Å². The number of aromatic nitrogens is 4. The number of phenolic OH excluding ortho intramolecular Hbond substituents is 1. The molecule has 0 radical (unpaired) electrons. The molecule has 0 spiro atoms. The van der Waals surface area contributed by atoms with Gasteiger partial charge in [0.15, 0.2) is 0 Å². The standard InChI is InChI=1S/C28H26N4O4/c1-15-11-17(14-28(3,4)27(34)35)12-16(2)23(15)24-29-21-10-7-19(13-22(21)30-24)26-32-31-25(36-26)18-5-8-20(33)9-6-18/h5-13,33H,14H2,1-4H3,(H,29,30)(H,34,35). The number of hydrogen-bond acceptors (Lipinski definition) is 6. The second-order valence-corrected chi connectivity index (χ2v) is 9.75. The summed E-state index contributed by atoms with van der Waals surface area (Å²) in [5.41, 5.74) is 6.32. The Morgan fingerprint density at radius 3 is 2.19 bits per heavy atom. The molecule has 36 heavy (non-hydrogen) atoms. The number of phenols is 1. The molecular weight excluding hydrogens is 456 g/mol. The molecule has 2 aromatic heterocycles. The van der Waals surface area contributed by atoms with Crippen molar-refractivity contribution in [2.75, 3.05) is 0 Å². The van der Waals surface area contributed by atoms with Gasteiger partial charge < -0.3 is 19.6 Å². The summed E-state index contributed by atoms with van der Waals surface area (Å²) in [6, 6.07) is 16.4. The Kier molecular flexibility index (Phi) is 5.59. The molecule has 5 aromatic rings. The molecule has 8 nitrogen and oxygen atoms in total. The molecule has 3 N–H and O–H groups in total. The van der Waals surface area contributed by atoms with Crippen molar-refractivity contribution in [2.45, 2.75) is 34.1 Å². The number of carbonyl (C=O) groups is 1. The third kappa shape index (κ3) is 4.33. The Balaban J connectivity index is 1.46. The Morgan fingerprint density at radius 1 is 0.944 bits per heavy atom. The van der Waals surface area contributed by atoms with E-state index in [2.05, 4.69) is 15.2 Å². The zero-order valence-corrected chi connectivity index (χ0v) is 20.5. The number of aromatic amines is 1. The normalized spacial score (nSPS) is 11.8. The van der Waals surface area contributed by atoms with Crippen LogP contribution in [0.3, 0.4) is 0 Å². The van der Waals surface area contributed by atoms with Crippen LogP contribution < -0.4 is 0 Å². The van der Waals surface area contributed by atoms with Crippen molar-refractivity contribution in [1.82, 2.24) is 20.2 Å². The highest BCUT2D eigenvalue weighted by molar-refractivity contribution is 5.84. The maximum Gasteiger partial charge on any atom is 0.309 e. The van der Waals surface area contributed by atoms with Crippen LogP contribution in [0.4, 0.5) is 0 Å². The van der Waals surface area contributed by atoms with Crippen molar-refractivity contribution in [3.63, 3.8) is 0 Å². The van der Waals surface area contributed by atoms with Crippen LogP contribution >= 0.6 is 0 Å². The molecule has 0 saturated carbocycles. The maximum absolute atomic E-state index is 11.6. The summed E-state index contributed by atoms with van der Waals surface area (Å²) in [6.07, 6.45) is 0.449. The molecule has 182 valence electrons. The number of fused-ring (bicyclic) bond motifs is 1. The largest absolute Gasteiger partial charge is 0.508 e. The highest BCUT2D eigenvalue weighted by Crippen LogP contribution is 2.32. The van der Waals surface area contributed by atoms with E-state index in [1.807, 2.05) is 44.2 Å². The van der Waals surface area contributed by atoms with Gasteiger partial charge in [0.2, 0.25) is 11.8 Å². The van der Waals surface area contributed by atoms with Crippen LogP contribution in [-0.2, 0) is 11.2 Å². The van der Waals surface area contributed by atoms with E-state index in [1.165, 1.54) is 0 Å². The number of aliphatic carboxylic acids is 1. The molecule has 0 fully saturated rings.